The number of hydrogen-bond acceptors (Lipinski definition) is 4. The van der Waals surface area contributed by atoms with Crippen LogP contribution in [0.25, 0.3) is 17.1 Å². The minimum absolute atomic E-state index is 0.432. The standard InChI is InChI=1S/C23H19ClN4OS/c1-15-7-5-6-10-19(15)28-22(17-11-13-18(24)14-12-17)26-27-23(28)30-20(21(25)29)16-8-3-2-4-9-16/h2-14,20H,1H3,(H2,25,29). The summed E-state index contributed by atoms with van der Waals surface area (Å²) >= 11 is 7.35. The van der Waals surface area contributed by atoms with Gasteiger partial charge in [0.1, 0.15) is 5.25 Å². The lowest BCUT2D eigenvalue weighted by Crippen LogP contribution is -2.19. The number of carbonyl (C=O) groups is 1. The van der Waals surface area contributed by atoms with Gasteiger partial charge in [0.2, 0.25) is 5.91 Å². The molecule has 0 aliphatic carbocycles. The number of thioether (sulfide) groups is 1. The van der Waals surface area contributed by atoms with E-state index in [2.05, 4.69) is 10.2 Å². The topological polar surface area (TPSA) is 73.8 Å². The van der Waals surface area contributed by atoms with E-state index < -0.39 is 11.2 Å². The first-order valence-electron chi connectivity index (χ1n) is 9.33. The van der Waals surface area contributed by atoms with Gasteiger partial charge in [0.05, 0.1) is 5.69 Å². The molecule has 4 rings (SSSR count). The number of hydrogen-bond donors (Lipinski definition) is 1. The highest BCUT2D eigenvalue weighted by Gasteiger charge is 2.25. The number of aromatic nitrogens is 3. The van der Waals surface area contributed by atoms with Crippen molar-refractivity contribution < 1.29 is 4.79 Å². The number of benzene rings is 3. The van der Waals surface area contributed by atoms with Gasteiger partial charge in [-0.05, 0) is 48.4 Å². The van der Waals surface area contributed by atoms with E-state index in [1.807, 2.05) is 90.4 Å². The predicted molar refractivity (Wildman–Crippen MR) is 121 cm³/mol. The summed E-state index contributed by atoms with van der Waals surface area (Å²) in [5.74, 6) is 0.235. The third kappa shape index (κ3) is 4.10. The fraction of sp³-hybridized carbons (Fsp3) is 0.0870. The minimum atomic E-state index is -0.587. The van der Waals surface area contributed by atoms with E-state index >= 15 is 0 Å². The van der Waals surface area contributed by atoms with Crippen molar-refractivity contribution in [3.63, 3.8) is 0 Å². The zero-order valence-electron chi connectivity index (χ0n) is 16.2. The molecule has 0 fully saturated rings. The fourth-order valence-corrected chi connectivity index (χ4v) is 4.31. The van der Waals surface area contributed by atoms with Crippen LogP contribution >= 0.6 is 23.4 Å². The minimum Gasteiger partial charge on any atom is -0.368 e. The van der Waals surface area contributed by atoms with Gasteiger partial charge in [0, 0.05) is 10.6 Å². The Hall–Kier alpha value is -3.09. The van der Waals surface area contributed by atoms with Gasteiger partial charge in [-0.1, -0.05) is 71.9 Å². The quantitative estimate of drug-likeness (QED) is 0.422. The van der Waals surface area contributed by atoms with Gasteiger partial charge in [0.25, 0.3) is 0 Å². The molecule has 0 radical (unpaired) electrons. The Balaban J connectivity index is 1.85. The molecule has 0 saturated heterocycles. The van der Waals surface area contributed by atoms with Crippen LogP contribution in [0.2, 0.25) is 5.02 Å². The highest BCUT2D eigenvalue weighted by atomic mass is 35.5. The van der Waals surface area contributed by atoms with Crippen molar-refractivity contribution in [1.82, 2.24) is 14.8 Å². The summed E-state index contributed by atoms with van der Waals surface area (Å²) in [4.78, 5) is 12.3. The molecular weight excluding hydrogens is 416 g/mol. The van der Waals surface area contributed by atoms with Crippen LogP contribution in [0.15, 0.2) is 84.0 Å². The lowest BCUT2D eigenvalue weighted by molar-refractivity contribution is -0.117. The molecule has 30 heavy (non-hydrogen) atoms. The van der Waals surface area contributed by atoms with Crippen LogP contribution in [0.4, 0.5) is 0 Å². The number of nitrogens with two attached hydrogens (primary N) is 1. The van der Waals surface area contributed by atoms with Gasteiger partial charge < -0.3 is 5.73 Å². The van der Waals surface area contributed by atoms with Crippen molar-refractivity contribution in [2.75, 3.05) is 0 Å². The number of para-hydroxylation sites is 1. The molecule has 1 atom stereocenters. The molecule has 7 heteroatoms. The van der Waals surface area contributed by atoms with E-state index in [0.29, 0.717) is 16.0 Å². The second-order valence-corrected chi connectivity index (χ2v) is 8.25. The van der Waals surface area contributed by atoms with Crippen LogP contribution in [0.1, 0.15) is 16.4 Å². The molecule has 3 aromatic carbocycles. The van der Waals surface area contributed by atoms with Gasteiger partial charge in [-0.15, -0.1) is 10.2 Å². The summed E-state index contributed by atoms with van der Waals surface area (Å²) in [7, 11) is 0. The summed E-state index contributed by atoms with van der Waals surface area (Å²) in [6, 6.07) is 24.9. The smallest absolute Gasteiger partial charge is 0.235 e. The molecule has 0 spiro atoms. The number of carbonyl (C=O) groups excluding carboxylic acids is 1. The first kappa shape index (κ1) is 20.2. The van der Waals surface area contributed by atoms with Gasteiger partial charge >= 0.3 is 0 Å². The number of primary amides is 1. The van der Waals surface area contributed by atoms with Crippen molar-refractivity contribution in [2.24, 2.45) is 5.73 Å². The Morgan fingerprint density at radius 3 is 2.30 bits per heavy atom. The van der Waals surface area contributed by atoms with Gasteiger partial charge in [-0.3, -0.25) is 9.36 Å². The van der Waals surface area contributed by atoms with E-state index in [4.69, 9.17) is 17.3 Å². The predicted octanol–water partition coefficient (Wildman–Crippen LogP) is 5.21. The first-order chi connectivity index (χ1) is 14.5. The molecule has 0 bridgehead atoms. The maximum atomic E-state index is 12.3. The van der Waals surface area contributed by atoms with Crippen LogP contribution in [0.3, 0.4) is 0 Å². The molecule has 0 aliphatic heterocycles. The molecule has 1 unspecified atom stereocenters. The number of nitrogens with zero attached hydrogens (tertiary/aromatic N) is 3. The Morgan fingerprint density at radius 1 is 0.967 bits per heavy atom. The number of halogens is 1. The second kappa shape index (κ2) is 8.73. The highest BCUT2D eigenvalue weighted by molar-refractivity contribution is 8.00. The maximum absolute atomic E-state index is 12.3. The summed E-state index contributed by atoms with van der Waals surface area (Å²) in [6.45, 7) is 2.03. The number of amides is 1. The average Bonchev–Trinajstić information content (AvgIpc) is 3.16. The first-order valence-corrected chi connectivity index (χ1v) is 10.6. The third-order valence-electron chi connectivity index (χ3n) is 4.68. The second-order valence-electron chi connectivity index (χ2n) is 6.75. The lowest BCUT2D eigenvalue weighted by Gasteiger charge is -2.16. The Bertz CT molecular complexity index is 1180. The number of rotatable bonds is 6. The lowest BCUT2D eigenvalue weighted by atomic mass is 10.1. The Kier molecular flexibility index (Phi) is 5.88. The molecule has 1 aromatic heterocycles. The van der Waals surface area contributed by atoms with Gasteiger partial charge in [-0.2, -0.15) is 0 Å². The summed E-state index contributed by atoms with van der Waals surface area (Å²) < 4.78 is 1.96. The van der Waals surface area contributed by atoms with Crippen LogP contribution in [0, 0.1) is 6.92 Å². The maximum Gasteiger partial charge on any atom is 0.235 e. The van der Waals surface area contributed by atoms with E-state index in [9.17, 15) is 4.79 Å². The zero-order valence-corrected chi connectivity index (χ0v) is 17.8. The molecule has 4 aromatic rings. The van der Waals surface area contributed by atoms with Crippen LogP contribution in [-0.4, -0.2) is 20.7 Å². The summed E-state index contributed by atoms with van der Waals surface area (Å²) in [6.07, 6.45) is 0. The molecule has 0 aliphatic rings. The zero-order chi connectivity index (χ0) is 21.1. The number of aryl methyl sites for hydroxylation is 1. The van der Waals surface area contributed by atoms with Crippen LogP contribution in [0.5, 0.6) is 0 Å². The molecule has 0 saturated carbocycles. The molecule has 1 amide bonds. The summed E-state index contributed by atoms with van der Waals surface area (Å²) in [5.41, 5.74) is 9.43. The molecule has 1 heterocycles. The molecular formula is C23H19ClN4OS. The Labute approximate surface area is 183 Å². The van der Waals surface area contributed by atoms with Crippen molar-refractivity contribution in [3.8, 4) is 17.1 Å². The molecule has 5 nitrogen and oxygen atoms in total. The molecule has 2 N–H and O–H groups in total. The van der Waals surface area contributed by atoms with Crippen molar-refractivity contribution >= 4 is 29.3 Å². The van der Waals surface area contributed by atoms with Gasteiger partial charge in [0.15, 0.2) is 11.0 Å². The van der Waals surface area contributed by atoms with E-state index in [0.717, 1.165) is 22.4 Å². The largest absolute Gasteiger partial charge is 0.368 e. The SMILES string of the molecule is Cc1ccccc1-n1c(SC(C(N)=O)c2ccccc2)nnc1-c1ccc(Cl)cc1. The van der Waals surface area contributed by atoms with Crippen molar-refractivity contribution in [1.29, 1.82) is 0 Å². The van der Waals surface area contributed by atoms with Crippen LogP contribution in [-0.2, 0) is 4.79 Å². The highest BCUT2D eigenvalue weighted by Crippen LogP contribution is 2.37. The van der Waals surface area contributed by atoms with Gasteiger partial charge in [-0.25, -0.2) is 0 Å². The third-order valence-corrected chi connectivity index (χ3v) is 6.14. The van der Waals surface area contributed by atoms with E-state index in [1.165, 1.54) is 11.8 Å². The molecule has 150 valence electrons. The Morgan fingerprint density at radius 2 is 1.63 bits per heavy atom. The fourth-order valence-electron chi connectivity index (χ4n) is 3.19. The van der Waals surface area contributed by atoms with E-state index in [-0.39, 0.29) is 0 Å². The normalized spacial score (nSPS) is 11.9. The summed E-state index contributed by atoms with van der Waals surface area (Å²) in [5, 5.41) is 9.50. The van der Waals surface area contributed by atoms with E-state index in [1.54, 1.807) is 0 Å². The van der Waals surface area contributed by atoms with Crippen LogP contribution < -0.4 is 5.73 Å². The monoisotopic (exact) mass is 434 g/mol. The van der Waals surface area contributed by atoms with Crippen molar-refractivity contribution in [2.45, 2.75) is 17.3 Å². The average molecular weight is 435 g/mol. The van der Waals surface area contributed by atoms with Crippen molar-refractivity contribution in [3.05, 3.63) is 95.0 Å².